The Morgan fingerprint density at radius 1 is 1.65 bits per heavy atom. The van der Waals surface area contributed by atoms with Gasteiger partial charge in [0, 0.05) is 37.1 Å². The summed E-state index contributed by atoms with van der Waals surface area (Å²) in [5.41, 5.74) is 0. The number of aromatic nitrogens is 1. The molecule has 1 heterocycles. The van der Waals surface area contributed by atoms with Gasteiger partial charge in [0.2, 0.25) is 0 Å². The van der Waals surface area contributed by atoms with Gasteiger partial charge in [-0.2, -0.15) is 0 Å². The SMILES string of the molecule is CCCNC(=O)N(CCc1nccs1)C1CC1. The maximum Gasteiger partial charge on any atom is 0.317 e. The lowest BCUT2D eigenvalue weighted by atomic mass is 10.4. The van der Waals surface area contributed by atoms with Crippen LogP contribution in [0.3, 0.4) is 0 Å². The van der Waals surface area contributed by atoms with Crippen LogP contribution in [0.15, 0.2) is 11.6 Å². The van der Waals surface area contributed by atoms with Crippen LogP contribution < -0.4 is 5.32 Å². The van der Waals surface area contributed by atoms with Crippen molar-refractivity contribution in [3.63, 3.8) is 0 Å². The average Bonchev–Trinajstić information content (AvgIpc) is 3.03. The first-order valence-electron chi connectivity index (χ1n) is 6.24. The van der Waals surface area contributed by atoms with Crippen molar-refractivity contribution in [3.8, 4) is 0 Å². The highest BCUT2D eigenvalue weighted by Gasteiger charge is 2.32. The minimum absolute atomic E-state index is 0.0888. The molecule has 0 bridgehead atoms. The second kappa shape index (κ2) is 6.00. The van der Waals surface area contributed by atoms with Gasteiger partial charge in [0.1, 0.15) is 0 Å². The number of amides is 2. The number of nitrogens with one attached hydrogen (secondary N) is 1. The van der Waals surface area contributed by atoms with Crippen LogP contribution in [0.1, 0.15) is 31.2 Å². The van der Waals surface area contributed by atoms with Gasteiger partial charge < -0.3 is 10.2 Å². The second-order valence-corrected chi connectivity index (χ2v) is 5.31. The topological polar surface area (TPSA) is 45.2 Å². The normalized spacial score (nSPS) is 14.6. The summed E-state index contributed by atoms with van der Waals surface area (Å²) in [5.74, 6) is 0. The number of urea groups is 1. The molecule has 0 unspecified atom stereocenters. The molecule has 1 fully saturated rings. The molecule has 5 heteroatoms. The highest BCUT2D eigenvalue weighted by molar-refractivity contribution is 7.09. The van der Waals surface area contributed by atoms with Crippen LogP contribution >= 0.6 is 11.3 Å². The van der Waals surface area contributed by atoms with Gasteiger partial charge in [-0.3, -0.25) is 0 Å². The molecule has 1 aliphatic rings. The lowest BCUT2D eigenvalue weighted by molar-refractivity contribution is 0.195. The van der Waals surface area contributed by atoms with Crippen molar-refractivity contribution >= 4 is 17.4 Å². The molecule has 0 radical (unpaired) electrons. The van der Waals surface area contributed by atoms with E-state index in [2.05, 4.69) is 17.2 Å². The van der Waals surface area contributed by atoms with E-state index in [4.69, 9.17) is 0 Å². The van der Waals surface area contributed by atoms with E-state index in [1.165, 1.54) is 0 Å². The predicted octanol–water partition coefficient (Wildman–Crippen LogP) is 2.27. The second-order valence-electron chi connectivity index (χ2n) is 4.33. The third kappa shape index (κ3) is 3.70. The quantitative estimate of drug-likeness (QED) is 0.845. The third-order valence-corrected chi connectivity index (χ3v) is 3.66. The first-order valence-corrected chi connectivity index (χ1v) is 7.12. The molecule has 0 aliphatic heterocycles. The lowest BCUT2D eigenvalue weighted by Gasteiger charge is -2.22. The van der Waals surface area contributed by atoms with E-state index in [9.17, 15) is 4.79 Å². The van der Waals surface area contributed by atoms with Gasteiger partial charge >= 0.3 is 6.03 Å². The molecular formula is C12H19N3OS. The summed E-state index contributed by atoms with van der Waals surface area (Å²) in [5, 5.41) is 6.04. The van der Waals surface area contributed by atoms with Crippen LogP contribution in [-0.2, 0) is 6.42 Å². The highest BCUT2D eigenvalue weighted by atomic mass is 32.1. The van der Waals surface area contributed by atoms with Crippen molar-refractivity contribution in [2.75, 3.05) is 13.1 Å². The van der Waals surface area contributed by atoms with Crippen LogP contribution in [-0.4, -0.2) is 35.0 Å². The van der Waals surface area contributed by atoms with E-state index < -0.39 is 0 Å². The number of carbonyl (C=O) groups excluding carboxylic acids is 1. The molecule has 2 amide bonds. The molecule has 1 aromatic rings. The Bertz CT molecular complexity index is 349. The molecule has 0 atom stereocenters. The molecule has 94 valence electrons. The largest absolute Gasteiger partial charge is 0.338 e. The molecule has 1 saturated carbocycles. The van der Waals surface area contributed by atoms with Crippen LogP contribution in [0.2, 0.25) is 0 Å². The Kier molecular flexibility index (Phi) is 4.36. The van der Waals surface area contributed by atoms with Gasteiger partial charge in [0.05, 0.1) is 5.01 Å². The van der Waals surface area contributed by atoms with E-state index in [0.29, 0.717) is 6.04 Å². The van der Waals surface area contributed by atoms with Crippen LogP contribution in [0.5, 0.6) is 0 Å². The predicted molar refractivity (Wildman–Crippen MR) is 69.2 cm³/mol. The molecule has 4 nitrogen and oxygen atoms in total. The number of rotatable bonds is 6. The zero-order valence-corrected chi connectivity index (χ0v) is 11.0. The Balaban J connectivity index is 1.82. The number of thiazole rings is 1. The van der Waals surface area contributed by atoms with Crippen molar-refractivity contribution in [2.24, 2.45) is 0 Å². The Labute approximate surface area is 106 Å². The molecule has 0 aromatic carbocycles. The summed E-state index contributed by atoms with van der Waals surface area (Å²) < 4.78 is 0. The zero-order valence-electron chi connectivity index (χ0n) is 10.2. The smallest absolute Gasteiger partial charge is 0.317 e. The summed E-state index contributed by atoms with van der Waals surface area (Å²) >= 11 is 1.66. The number of carbonyl (C=O) groups is 1. The molecule has 1 N–H and O–H groups in total. The minimum atomic E-state index is 0.0888. The summed E-state index contributed by atoms with van der Waals surface area (Å²) in [6, 6.07) is 0.553. The first kappa shape index (κ1) is 12.4. The Morgan fingerprint density at radius 3 is 3.06 bits per heavy atom. The Hall–Kier alpha value is -1.10. The summed E-state index contributed by atoms with van der Waals surface area (Å²) in [4.78, 5) is 18.2. The Morgan fingerprint density at radius 2 is 2.47 bits per heavy atom. The number of nitrogens with zero attached hydrogens (tertiary/aromatic N) is 2. The van der Waals surface area contributed by atoms with Gasteiger partial charge in [-0.15, -0.1) is 11.3 Å². The highest BCUT2D eigenvalue weighted by Crippen LogP contribution is 2.27. The monoisotopic (exact) mass is 253 g/mol. The first-order chi connectivity index (χ1) is 8.31. The van der Waals surface area contributed by atoms with Gasteiger partial charge in [0.25, 0.3) is 0 Å². The van der Waals surface area contributed by atoms with Gasteiger partial charge in [0.15, 0.2) is 0 Å². The summed E-state index contributed by atoms with van der Waals surface area (Å²) in [6.07, 6.45) is 5.97. The van der Waals surface area contributed by atoms with E-state index >= 15 is 0 Å². The van der Waals surface area contributed by atoms with Crippen molar-refractivity contribution in [1.82, 2.24) is 15.2 Å². The summed E-state index contributed by atoms with van der Waals surface area (Å²) in [7, 11) is 0. The summed E-state index contributed by atoms with van der Waals surface area (Å²) in [6.45, 7) is 3.62. The maximum atomic E-state index is 11.9. The van der Waals surface area contributed by atoms with E-state index in [1.807, 2.05) is 16.5 Å². The molecule has 0 spiro atoms. The van der Waals surface area contributed by atoms with Crippen molar-refractivity contribution in [1.29, 1.82) is 0 Å². The van der Waals surface area contributed by atoms with Crippen LogP contribution in [0.4, 0.5) is 4.79 Å². The number of hydrogen-bond acceptors (Lipinski definition) is 3. The minimum Gasteiger partial charge on any atom is -0.338 e. The average molecular weight is 253 g/mol. The van der Waals surface area contributed by atoms with Gasteiger partial charge in [-0.05, 0) is 19.3 Å². The fraction of sp³-hybridized carbons (Fsp3) is 0.667. The fourth-order valence-corrected chi connectivity index (χ4v) is 2.37. The van der Waals surface area contributed by atoms with E-state index in [1.54, 1.807) is 11.3 Å². The maximum absolute atomic E-state index is 11.9. The lowest BCUT2D eigenvalue weighted by Crippen LogP contribution is -2.42. The van der Waals surface area contributed by atoms with Crippen molar-refractivity contribution < 1.29 is 4.79 Å². The van der Waals surface area contributed by atoms with Crippen LogP contribution in [0, 0.1) is 0 Å². The standard InChI is InChI=1S/C12H19N3OS/c1-2-6-14-12(16)15(10-3-4-10)8-5-11-13-7-9-17-11/h7,9-10H,2-6,8H2,1H3,(H,14,16). The zero-order chi connectivity index (χ0) is 12.1. The van der Waals surface area contributed by atoms with Crippen LogP contribution in [0.25, 0.3) is 0 Å². The third-order valence-electron chi connectivity index (χ3n) is 2.82. The van der Waals surface area contributed by atoms with E-state index in [0.717, 1.165) is 43.8 Å². The fourth-order valence-electron chi connectivity index (χ4n) is 1.76. The van der Waals surface area contributed by atoms with Crippen molar-refractivity contribution in [3.05, 3.63) is 16.6 Å². The van der Waals surface area contributed by atoms with E-state index in [-0.39, 0.29) is 6.03 Å². The molecule has 1 aromatic heterocycles. The molecule has 2 rings (SSSR count). The molecule has 17 heavy (non-hydrogen) atoms. The van der Waals surface area contributed by atoms with Gasteiger partial charge in [-0.1, -0.05) is 6.92 Å². The number of hydrogen-bond donors (Lipinski definition) is 1. The molecule has 1 aliphatic carbocycles. The molecule has 0 saturated heterocycles. The van der Waals surface area contributed by atoms with Gasteiger partial charge in [-0.25, -0.2) is 9.78 Å². The van der Waals surface area contributed by atoms with Crippen molar-refractivity contribution in [2.45, 2.75) is 38.6 Å². The molecular weight excluding hydrogens is 234 g/mol.